The van der Waals surface area contributed by atoms with Crippen LogP contribution in [0.5, 0.6) is 0 Å². The molecule has 1 aliphatic rings. The highest BCUT2D eigenvalue weighted by Crippen LogP contribution is 2.14. The minimum absolute atomic E-state index is 0.0107. The van der Waals surface area contributed by atoms with Gasteiger partial charge in [-0.15, -0.1) is 0 Å². The van der Waals surface area contributed by atoms with Gasteiger partial charge in [0.05, 0.1) is 11.2 Å². The fraction of sp³-hybridized carbons (Fsp3) is 0.429. The summed E-state index contributed by atoms with van der Waals surface area (Å²) in [4.78, 5) is 22.5. The maximum absolute atomic E-state index is 11.6. The molecule has 1 fully saturated rings. The number of aromatic carboxylic acids is 1. The van der Waals surface area contributed by atoms with E-state index in [9.17, 15) is 9.59 Å². The number of amides is 1. The van der Waals surface area contributed by atoms with Crippen LogP contribution < -0.4 is 10.6 Å². The van der Waals surface area contributed by atoms with E-state index in [4.69, 9.17) is 9.84 Å². The molecule has 6 nitrogen and oxygen atoms in total. The first-order valence-corrected chi connectivity index (χ1v) is 6.42. The summed E-state index contributed by atoms with van der Waals surface area (Å²) in [5.41, 5.74) is 0.705. The van der Waals surface area contributed by atoms with Crippen molar-refractivity contribution in [3.05, 3.63) is 35.4 Å². The molecule has 20 heavy (non-hydrogen) atoms. The van der Waals surface area contributed by atoms with Crippen LogP contribution in [0.2, 0.25) is 0 Å². The molecule has 3 N–H and O–H groups in total. The molecule has 2 rings (SSSR count). The molecule has 0 atom stereocenters. The van der Waals surface area contributed by atoms with Crippen LogP contribution in [0.25, 0.3) is 0 Å². The lowest BCUT2D eigenvalue weighted by molar-refractivity contribution is -0.136. The third kappa shape index (κ3) is 3.79. The first-order chi connectivity index (χ1) is 9.48. The molecule has 0 radical (unpaired) electrons. The molecule has 1 heterocycles. The largest absolute Gasteiger partial charge is 0.478 e. The molecular weight excluding hydrogens is 260 g/mol. The van der Waals surface area contributed by atoms with Gasteiger partial charge in [-0.25, -0.2) is 4.79 Å². The second kappa shape index (κ2) is 6.02. The van der Waals surface area contributed by atoms with Crippen molar-refractivity contribution in [2.24, 2.45) is 0 Å². The van der Waals surface area contributed by atoms with Gasteiger partial charge in [-0.1, -0.05) is 12.1 Å². The van der Waals surface area contributed by atoms with E-state index < -0.39 is 5.97 Å². The highest BCUT2D eigenvalue weighted by Gasteiger charge is 2.32. The molecule has 1 aliphatic heterocycles. The third-order valence-corrected chi connectivity index (χ3v) is 3.21. The number of carbonyl (C=O) groups is 2. The van der Waals surface area contributed by atoms with E-state index in [1.54, 1.807) is 18.2 Å². The van der Waals surface area contributed by atoms with Crippen LogP contribution in [0.3, 0.4) is 0 Å². The van der Waals surface area contributed by atoms with E-state index in [0.29, 0.717) is 0 Å². The lowest BCUT2D eigenvalue weighted by Gasteiger charge is -2.38. The zero-order chi connectivity index (χ0) is 14.6. The van der Waals surface area contributed by atoms with E-state index in [1.165, 1.54) is 6.07 Å². The fourth-order valence-electron chi connectivity index (χ4n) is 1.88. The number of benzene rings is 1. The summed E-state index contributed by atoms with van der Waals surface area (Å²) < 4.78 is 5.51. The van der Waals surface area contributed by atoms with Gasteiger partial charge in [0, 0.05) is 19.6 Å². The molecule has 0 aliphatic carbocycles. The van der Waals surface area contributed by atoms with Gasteiger partial charge in [0.25, 0.3) is 0 Å². The van der Waals surface area contributed by atoms with E-state index in [0.717, 1.165) is 18.7 Å². The summed E-state index contributed by atoms with van der Waals surface area (Å²) in [6.07, 6.45) is 0. The second-order valence-electron chi connectivity index (χ2n) is 5.12. The Hall–Kier alpha value is -1.92. The van der Waals surface area contributed by atoms with Crippen molar-refractivity contribution in [3.63, 3.8) is 0 Å². The quantitative estimate of drug-likeness (QED) is 0.700. The number of hydrogen-bond donors (Lipinski definition) is 3. The zero-order valence-corrected chi connectivity index (χ0v) is 11.3. The monoisotopic (exact) mass is 278 g/mol. The van der Waals surface area contributed by atoms with Gasteiger partial charge in [-0.2, -0.15) is 0 Å². The van der Waals surface area contributed by atoms with Crippen LogP contribution in [0.4, 0.5) is 0 Å². The van der Waals surface area contributed by atoms with Crippen molar-refractivity contribution in [2.75, 3.05) is 19.7 Å². The van der Waals surface area contributed by atoms with Crippen molar-refractivity contribution >= 4 is 11.9 Å². The van der Waals surface area contributed by atoms with Crippen molar-refractivity contribution in [3.8, 4) is 0 Å². The van der Waals surface area contributed by atoms with Crippen molar-refractivity contribution in [2.45, 2.75) is 19.1 Å². The topological polar surface area (TPSA) is 87.7 Å². The number of carboxylic acids is 1. The molecular formula is C14H18N2O4. The van der Waals surface area contributed by atoms with E-state index >= 15 is 0 Å². The van der Waals surface area contributed by atoms with Gasteiger partial charge in [-0.3, -0.25) is 4.79 Å². The number of carbonyl (C=O) groups excluding carboxylic acids is 1. The average Bonchev–Trinajstić information content (AvgIpc) is 2.41. The molecule has 0 unspecified atom stereocenters. The molecule has 0 bridgehead atoms. The SMILES string of the molecule is CC1(OCC(=O)NCc2cccc(C(=O)O)c2)CNC1. The smallest absolute Gasteiger partial charge is 0.335 e. The Morgan fingerprint density at radius 2 is 2.20 bits per heavy atom. The van der Waals surface area contributed by atoms with Gasteiger partial charge in [0.15, 0.2) is 0 Å². The molecule has 1 aromatic rings. The maximum atomic E-state index is 11.6. The number of carboxylic acid groups (broad SMARTS) is 1. The van der Waals surface area contributed by atoms with Crippen LogP contribution in [0, 0.1) is 0 Å². The predicted molar refractivity (Wildman–Crippen MR) is 72.5 cm³/mol. The van der Waals surface area contributed by atoms with Crippen molar-refractivity contribution in [1.82, 2.24) is 10.6 Å². The fourth-order valence-corrected chi connectivity index (χ4v) is 1.88. The van der Waals surface area contributed by atoms with Gasteiger partial charge >= 0.3 is 5.97 Å². The Kier molecular flexibility index (Phi) is 4.36. The first kappa shape index (κ1) is 14.5. The minimum Gasteiger partial charge on any atom is -0.478 e. The Morgan fingerprint density at radius 3 is 2.80 bits per heavy atom. The summed E-state index contributed by atoms with van der Waals surface area (Å²) in [6.45, 7) is 3.75. The maximum Gasteiger partial charge on any atom is 0.335 e. The Morgan fingerprint density at radius 1 is 1.45 bits per heavy atom. The molecule has 1 amide bonds. The summed E-state index contributed by atoms with van der Waals surface area (Å²) >= 11 is 0. The normalized spacial score (nSPS) is 16.2. The number of rotatable bonds is 6. The summed E-state index contributed by atoms with van der Waals surface area (Å²) in [7, 11) is 0. The third-order valence-electron chi connectivity index (χ3n) is 3.21. The Labute approximate surface area is 117 Å². The highest BCUT2D eigenvalue weighted by atomic mass is 16.5. The molecule has 0 saturated carbocycles. The van der Waals surface area contributed by atoms with Gasteiger partial charge in [0.1, 0.15) is 6.61 Å². The van der Waals surface area contributed by atoms with E-state index in [2.05, 4.69) is 10.6 Å². The Balaban J connectivity index is 1.78. The molecule has 0 spiro atoms. The lowest BCUT2D eigenvalue weighted by Crippen LogP contribution is -2.59. The average molecular weight is 278 g/mol. The molecule has 1 aromatic carbocycles. The number of hydrogen-bond acceptors (Lipinski definition) is 4. The predicted octanol–water partition coefficient (Wildman–Crippen LogP) is 0.379. The van der Waals surface area contributed by atoms with E-state index in [-0.39, 0.29) is 30.2 Å². The highest BCUT2D eigenvalue weighted by molar-refractivity contribution is 5.87. The first-order valence-electron chi connectivity index (χ1n) is 6.42. The van der Waals surface area contributed by atoms with Crippen molar-refractivity contribution < 1.29 is 19.4 Å². The zero-order valence-electron chi connectivity index (χ0n) is 11.3. The lowest BCUT2D eigenvalue weighted by atomic mass is 10.0. The second-order valence-corrected chi connectivity index (χ2v) is 5.12. The van der Waals surface area contributed by atoms with Gasteiger partial charge < -0.3 is 20.5 Å². The summed E-state index contributed by atoms with van der Waals surface area (Å²) in [5, 5.41) is 14.7. The van der Waals surface area contributed by atoms with Crippen molar-refractivity contribution in [1.29, 1.82) is 0 Å². The van der Waals surface area contributed by atoms with Gasteiger partial charge in [0.2, 0.25) is 5.91 Å². The molecule has 108 valence electrons. The number of ether oxygens (including phenoxy) is 1. The van der Waals surface area contributed by atoms with Crippen LogP contribution in [0.15, 0.2) is 24.3 Å². The molecule has 0 aromatic heterocycles. The van der Waals surface area contributed by atoms with Crippen LogP contribution in [-0.2, 0) is 16.1 Å². The van der Waals surface area contributed by atoms with E-state index in [1.807, 2.05) is 6.92 Å². The molecule has 1 saturated heterocycles. The summed E-state index contributed by atoms with van der Waals surface area (Å²) in [6, 6.07) is 6.48. The Bertz CT molecular complexity index is 512. The van der Waals surface area contributed by atoms with Crippen LogP contribution in [-0.4, -0.2) is 42.3 Å². The van der Waals surface area contributed by atoms with Crippen LogP contribution >= 0.6 is 0 Å². The standard InChI is InChI=1S/C14H18N2O4/c1-14(8-15-9-14)20-7-12(17)16-6-10-3-2-4-11(5-10)13(18)19/h2-5,15H,6-9H2,1H3,(H,16,17)(H,18,19). The minimum atomic E-state index is -0.980. The van der Waals surface area contributed by atoms with Gasteiger partial charge in [-0.05, 0) is 24.6 Å². The van der Waals surface area contributed by atoms with Crippen LogP contribution in [0.1, 0.15) is 22.8 Å². The molecule has 6 heteroatoms. The summed E-state index contributed by atoms with van der Waals surface area (Å²) in [5.74, 6) is -1.19. The number of nitrogens with one attached hydrogen (secondary N) is 2.